The van der Waals surface area contributed by atoms with Crippen molar-refractivity contribution in [2.75, 3.05) is 25.0 Å². The summed E-state index contributed by atoms with van der Waals surface area (Å²) in [6.07, 6.45) is -3.63. The number of aromatic nitrogens is 3. The topological polar surface area (TPSA) is 74.9 Å². The fourth-order valence-corrected chi connectivity index (χ4v) is 4.08. The summed E-state index contributed by atoms with van der Waals surface area (Å²) in [6.45, 7) is 0.366. The first-order valence-electron chi connectivity index (χ1n) is 10.4. The van der Waals surface area contributed by atoms with Gasteiger partial charge in [-0.15, -0.1) is 10.2 Å². The molecular weight excluding hydrogens is 468 g/mol. The number of anilines is 1. The first kappa shape index (κ1) is 24.1. The smallest absolute Gasteiger partial charge is 0.416 e. The predicted octanol–water partition coefficient (Wildman–Crippen LogP) is 4.02. The van der Waals surface area contributed by atoms with Crippen molar-refractivity contribution in [1.29, 1.82) is 0 Å². The molecule has 4 rings (SSSR count). The highest BCUT2D eigenvalue weighted by Gasteiger charge is 2.33. The van der Waals surface area contributed by atoms with Gasteiger partial charge in [-0.1, -0.05) is 6.92 Å². The Bertz CT molecular complexity index is 1170. The van der Waals surface area contributed by atoms with Crippen LogP contribution in [0.2, 0.25) is 0 Å². The summed E-state index contributed by atoms with van der Waals surface area (Å²) in [5, 5.41) is 21.2. The van der Waals surface area contributed by atoms with E-state index in [1.54, 1.807) is 0 Å². The van der Waals surface area contributed by atoms with E-state index in [1.807, 2.05) is 11.8 Å². The van der Waals surface area contributed by atoms with Gasteiger partial charge in [0.25, 0.3) is 0 Å². The molecule has 7 nitrogen and oxygen atoms in total. The summed E-state index contributed by atoms with van der Waals surface area (Å²) >= 11 is 0. The van der Waals surface area contributed by atoms with Crippen LogP contribution in [-0.4, -0.2) is 63.0 Å². The lowest BCUT2D eigenvalue weighted by Crippen LogP contribution is -2.48. The number of rotatable bonds is 6. The molecule has 184 valence electrons. The number of β-amino-alcohol motifs (C(OH)–C–C–N with tert-alkyl or cyclic N) is 1. The number of aliphatic hydroxyl groups is 1. The molecule has 1 aliphatic heterocycles. The number of aliphatic hydroxyl groups excluding tert-OH is 1. The molecule has 2 N–H and O–H groups in total. The maximum absolute atomic E-state index is 14.8. The number of halogens is 6. The summed E-state index contributed by atoms with van der Waals surface area (Å²) < 4.78 is 85.5. The lowest BCUT2D eigenvalue weighted by Gasteiger charge is -2.35. The summed E-state index contributed by atoms with van der Waals surface area (Å²) in [4.78, 5) is 2.03. The first-order chi connectivity index (χ1) is 16.1. The number of nitrogens with one attached hydrogen (secondary N) is 1. The van der Waals surface area contributed by atoms with Crippen LogP contribution < -0.4 is 10.1 Å². The molecule has 1 fully saturated rings. The second kappa shape index (κ2) is 9.29. The Hall–Kier alpha value is -3.06. The third-order valence-corrected chi connectivity index (χ3v) is 5.60. The van der Waals surface area contributed by atoms with E-state index in [4.69, 9.17) is 0 Å². The Morgan fingerprint density at radius 1 is 1.21 bits per heavy atom. The molecule has 0 saturated carbocycles. The Morgan fingerprint density at radius 3 is 2.65 bits per heavy atom. The van der Waals surface area contributed by atoms with E-state index in [9.17, 15) is 31.4 Å². The number of hydrogen-bond acceptors (Lipinski definition) is 6. The van der Waals surface area contributed by atoms with Crippen LogP contribution in [-0.2, 0) is 6.18 Å². The number of hydrogen-bond donors (Lipinski definition) is 2. The molecule has 0 bridgehead atoms. The number of piperidine rings is 1. The largest absolute Gasteiger partial charge is 0.434 e. The van der Waals surface area contributed by atoms with Gasteiger partial charge in [-0.3, -0.25) is 9.30 Å². The van der Waals surface area contributed by atoms with Crippen molar-refractivity contribution in [1.82, 2.24) is 19.5 Å². The molecule has 3 heterocycles. The zero-order valence-corrected chi connectivity index (χ0v) is 17.9. The van der Waals surface area contributed by atoms with E-state index < -0.39 is 36.0 Å². The van der Waals surface area contributed by atoms with Gasteiger partial charge >= 0.3 is 12.8 Å². The third kappa shape index (κ3) is 4.89. The molecule has 2 atom stereocenters. The minimum atomic E-state index is -4.80. The van der Waals surface area contributed by atoms with Gasteiger partial charge < -0.3 is 15.2 Å². The fraction of sp³-hybridized carbons (Fsp3) is 0.429. The molecule has 1 aromatic carbocycles. The quantitative estimate of drug-likeness (QED) is 0.510. The molecule has 13 heteroatoms. The van der Waals surface area contributed by atoms with Crippen LogP contribution in [0.25, 0.3) is 16.8 Å². The Morgan fingerprint density at radius 2 is 1.97 bits per heavy atom. The molecule has 1 saturated heterocycles. The van der Waals surface area contributed by atoms with Crippen molar-refractivity contribution in [2.24, 2.45) is 0 Å². The van der Waals surface area contributed by atoms with Crippen LogP contribution in [0, 0.1) is 5.82 Å². The van der Waals surface area contributed by atoms with Crippen molar-refractivity contribution in [3.8, 4) is 17.0 Å². The number of ether oxygens (including phenoxy) is 1. The summed E-state index contributed by atoms with van der Waals surface area (Å²) in [7, 11) is 0. The molecule has 0 radical (unpaired) electrons. The number of benzene rings is 1. The van der Waals surface area contributed by atoms with E-state index in [0.717, 1.165) is 12.1 Å². The molecular formula is C21H21F6N5O2. The Balaban J connectivity index is 1.76. The van der Waals surface area contributed by atoms with Crippen LogP contribution in [0.1, 0.15) is 18.9 Å². The van der Waals surface area contributed by atoms with Crippen LogP contribution in [0.5, 0.6) is 5.75 Å². The van der Waals surface area contributed by atoms with Gasteiger partial charge in [0.2, 0.25) is 5.95 Å². The number of likely N-dealkylation sites (tertiary alicyclic amines) is 1. The van der Waals surface area contributed by atoms with Crippen molar-refractivity contribution < 1.29 is 36.2 Å². The highest BCUT2D eigenvalue weighted by atomic mass is 19.4. The van der Waals surface area contributed by atoms with Crippen LogP contribution in [0.15, 0.2) is 30.5 Å². The SMILES string of the molecule is CCN1CC(O)CC(Nc2nnc(-c3ccc(C(F)(F)F)cc3OC(F)F)c3c(F)ccn23)C1. The van der Waals surface area contributed by atoms with Crippen molar-refractivity contribution in [3.63, 3.8) is 0 Å². The normalized spacial score (nSPS) is 19.7. The van der Waals surface area contributed by atoms with Crippen molar-refractivity contribution in [2.45, 2.75) is 38.3 Å². The monoisotopic (exact) mass is 489 g/mol. The van der Waals surface area contributed by atoms with E-state index in [0.29, 0.717) is 38.2 Å². The minimum Gasteiger partial charge on any atom is -0.434 e. The summed E-state index contributed by atoms with van der Waals surface area (Å²) in [6, 6.07) is 2.83. The van der Waals surface area contributed by atoms with Crippen LogP contribution in [0.4, 0.5) is 32.3 Å². The van der Waals surface area contributed by atoms with Gasteiger partial charge in [-0.25, -0.2) is 4.39 Å². The molecule has 34 heavy (non-hydrogen) atoms. The summed E-state index contributed by atoms with van der Waals surface area (Å²) in [5.41, 5.74) is -1.93. The van der Waals surface area contributed by atoms with Gasteiger partial charge in [-0.05, 0) is 37.2 Å². The maximum Gasteiger partial charge on any atom is 0.416 e. The average molecular weight is 489 g/mol. The zero-order valence-electron chi connectivity index (χ0n) is 17.9. The number of likely N-dealkylation sites (N-methyl/N-ethyl adjacent to an activating group) is 1. The number of fused-ring (bicyclic) bond motifs is 1. The van der Waals surface area contributed by atoms with Crippen LogP contribution in [0.3, 0.4) is 0 Å². The molecule has 2 unspecified atom stereocenters. The van der Waals surface area contributed by atoms with Gasteiger partial charge in [0, 0.05) is 30.9 Å². The zero-order chi connectivity index (χ0) is 24.6. The standard InChI is InChI=1S/C21H21F6N5O2/c1-2-31-9-12(8-13(33)10-31)28-20-30-29-17(18-15(22)5-6-32(18)20)14-4-3-11(21(25,26)27)7-16(14)34-19(23)24/h3-7,12-13,19,33H,2,8-10H2,1H3,(H,28,30). The minimum absolute atomic E-state index is 0.126. The second-order valence-corrected chi connectivity index (χ2v) is 7.92. The van der Waals surface area contributed by atoms with E-state index in [2.05, 4.69) is 20.3 Å². The molecule has 0 spiro atoms. The second-order valence-electron chi connectivity index (χ2n) is 7.92. The fourth-order valence-electron chi connectivity index (χ4n) is 4.08. The van der Waals surface area contributed by atoms with E-state index in [1.165, 1.54) is 10.6 Å². The van der Waals surface area contributed by atoms with Crippen molar-refractivity contribution >= 4 is 11.5 Å². The molecule has 0 amide bonds. The van der Waals surface area contributed by atoms with Gasteiger partial charge in [0.1, 0.15) is 17.0 Å². The maximum atomic E-state index is 14.8. The Labute approximate surface area is 190 Å². The molecule has 3 aromatic rings. The average Bonchev–Trinajstić information content (AvgIpc) is 3.15. The third-order valence-electron chi connectivity index (χ3n) is 5.60. The number of alkyl halides is 5. The number of nitrogens with zero attached hydrogens (tertiary/aromatic N) is 4. The van der Waals surface area contributed by atoms with Crippen molar-refractivity contribution in [3.05, 3.63) is 41.8 Å². The van der Waals surface area contributed by atoms with Gasteiger partial charge in [0.15, 0.2) is 5.82 Å². The van der Waals surface area contributed by atoms with Gasteiger partial charge in [-0.2, -0.15) is 22.0 Å². The summed E-state index contributed by atoms with van der Waals surface area (Å²) in [5.74, 6) is -1.47. The Kier molecular flexibility index (Phi) is 6.58. The highest BCUT2D eigenvalue weighted by molar-refractivity contribution is 5.82. The van der Waals surface area contributed by atoms with Crippen LogP contribution >= 0.6 is 0 Å². The predicted molar refractivity (Wildman–Crippen MR) is 110 cm³/mol. The lowest BCUT2D eigenvalue weighted by atomic mass is 10.0. The molecule has 2 aromatic heterocycles. The lowest BCUT2D eigenvalue weighted by molar-refractivity contribution is -0.138. The van der Waals surface area contributed by atoms with E-state index >= 15 is 0 Å². The first-order valence-corrected chi connectivity index (χ1v) is 10.4. The van der Waals surface area contributed by atoms with E-state index in [-0.39, 0.29) is 28.8 Å². The highest BCUT2D eigenvalue weighted by Crippen LogP contribution is 2.39. The molecule has 0 aliphatic carbocycles. The molecule has 1 aliphatic rings. The van der Waals surface area contributed by atoms with Gasteiger partial charge in [0.05, 0.1) is 11.7 Å².